The minimum atomic E-state index is -4.10. The lowest BCUT2D eigenvalue weighted by atomic mass is 10.6. The van der Waals surface area contributed by atoms with Crippen LogP contribution in [0.2, 0.25) is 0 Å². The van der Waals surface area contributed by atoms with Gasteiger partial charge < -0.3 is 9.79 Å². The molecule has 8 heteroatoms. The second-order valence-corrected chi connectivity index (χ2v) is 5.84. The Morgan fingerprint density at radius 3 is 2.85 bits per heavy atom. The molecule has 2 N–H and O–H groups in total. The van der Waals surface area contributed by atoms with Gasteiger partial charge in [0.15, 0.2) is 0 Å². The van der Waals surface area contributed by atoms with Crippen LogP contribution in [0.5, 0.6) is 0 Å². The van der Waals surface area contributed by atoms with Crippen molar-refractivity contribution >= 4 is 35.8 Å². The summed E-state index contributed by atoms with van der Waals surface area (Å²) in [4.78, 5) is 31.8. The molecule has 0 aromatic carbocycles. The molecule has 1 heterocycles. The standard InChI is InChI=1S/C5H6NO4PS2/c7-5(4-1-12-2-6-4)13-3-11(8,9)10/h1-2H,3H2,(H2,8,9,10). The summed E-state index contributed by atoms with van der Waals surface area (Å²) >= 11 is 1.85. The molecule has 0 amide bonds. The van der Waals surface area contributed by atoms with Gasteiger partial charge in [0.2, 0.25) is 5.12 Å². The maximum absolute atomic E-state index is 11.1. The summed E-state index contributed by atoms with van der Waals surface area (Å²) in [7, 11) is -4.10. The summed E-state index contributed by atoms with van der Waals surface area (Å²) in [6, 6.07) is 0. The van der Waals surface area contributed by atoms with Crippen molar-refractivity contribution in [2.24, 2.45) is 0 Å². The van der Waals surface area contributed by atoms with Crippen LogP contribution in [0.1, 0.15) is 10.5 Å². The summed E-state index contributed by atoms with van der Waals surface area (Å²) in [5.41, 5.74) is 1.23. The second-order valence-electron chi connectivity index (χ2n) is 2.10. The van der Waals surface area contributed by atoms with E-state index < -0.39 is 18.2 Å². The van der Waals surface area contributed by atoms with Gasteiger partial charge in [0.25, 0.3) is 0 Å². The molecule has 5 nitrogen and oxygen atoms in total. The Balaban J connectivity index is 2.49. The molecule has 0 atom stereocenters. The smallest absolute Gasteiger partial charge is 0.324 e. The van der Waals surface area contributed by atoms with Crippen LogP contribution < -0.4 is 0 Å². The zero-order chi connectivity index (χ0) is 9.90. The van der Waals surface area contributed by atoms with E-state index >= 15 is 0 Å². The van der Waals surface area contributed by atoms with Crippen molar-refractivity contribution in [2.75, 3.05) is 5.49 Å². The minimum absolute atomic E-state index is 0.239. The van der Waals surface area contributed by atoms with Gasteiger partial charge in [-0.3, -0.25) is 9.36 Å². The van der Waals surface area contributed by atoms with Gasteiger partial charge in [-0.2, -0.15) is 0 Å². The number of aromatic nitrogens is 1. The summed E-state index contributed by atoms with van der Waals surface area (Å²) < 4.78 is 10.4. The molecule has 0 fully saturated rings. The molecule has 0 saturated heterocycles. The maximum atomic E-state index is 11.1. The monoisotopic (exact) mass is 239 g/mol. The molecule has 0 radical (unpaired) electrons. The molecule has 0 unspecified atom stereocenters. The van der Waals surface area contributed by atoms with Gasteiger partial charge >= 0.3 is 7.60 Å². The lowest BCUT2D eigenvalue weighted by Gasteiger charge is -2.00. The number of carbonyl (C=O) groups excluding carboxylic acids is 1. The van der Waals surface area contributed by atoms with Crippen molar-refractivity contribution in [3.63, 3.8) is 0 Å². The number of hydrogen-bond acceptors (Lipinski definition) is 5. The average molecular weight is 239 g/mol. The number of hydrogen-bond donors (Lipinski definition) is 2. The van der Waals surface area contributed by atoms with E-state index in [1.807, 2.05) is 0 Å². The second kappa shape index (κ2) is 4.34. The van der Waals surface area contributed by atoms with E-state index in [-0.39, 0.29) is 5.69 Å². The molecule has 0 aliphatic rings. The highest BCUT2D eigenvalue weighted by Crippen LogP contribution is 2.39. The predicted octanol–water partition coefficient (Wildman–Crippen LogP) is 1.15. The van der Waals surface area contributed by atoms with Gasteiger partial charge in [0, 0.05) is 5.38 Å². The van der Waals surface area contributed by atoms with Crippen LogP contribution in [0, 0.1) is 0 Å². The van der Waals surface area contributed by atoms with Gasteiger partial charge in [0.1, 0.15) is 11.2 Å². The number of nitrogens with zero attached hydrogens (tertiary/aromatic N) is 1. The Morgan fingerprint density at radius 2 is 2.38 bits per heavy atom. The van der Waals surface area contributed by atoms with Gasteiger partial charge in [-0.15, -0.1) is 11.3 Å². The Morgan fingerprint density at radius 1 is 1.69 bits per heavy atom. The molecular weight excluding hydrogens is 233 g/mol. The number of thiazole rings is 1. The number of carbonyl (C=O) groups is 1. The third-order valence-electron chi connectivity index (χ3n) is 1.01. The Bertz CT molecular complexity index is 332. The first-order valence-corrected chi connectivity index (χ1v) is 6.81. The van der Waals surface area contributed by atoms with Crippen molar-refractivity contribution < 1.29 is 19.1 Å². The van der Waals surface area contributed by atoms with Crippen molar-refractivity contribution in [1.82, 2.24) is 4.98 Å². The average Bonchev–Trinajstić information content (AvgIpc) is 2.50. The van der Waals surface area contributed by atoms with Gasteiger partial charge in [-0.05, 0) is 0 Å². The molecule has 0 spiro atoms. The van der Waals surface area contributed by atoms with Crippen LogP contribution in [0.4, 0.5) is 0 Å². The van der Waals surface area contributed by atoms with Crippen LogP contribution in [-0.4, -0.2) is 25.4 Å². The first-order chi connectivity index (χ1) is 5.99. The van der Waals surface area contributed by atoms with Gasteiger partial charge in [-0.1, -0.05) is 11.8 Å². The molecule has 1 aromatic heterocycles. The van der Waals surface area contributed by atoms with Crippen molar-refractivity contribution in [1.29, 1.82) is 0 Å². The topological polar surface area (TPSA) is 87.5 Å². The lowest BCUT2D eigenvalue weighted by molar-refractivity contribution is 0.108. The first kappa shape index (κ1) is 10.9. The van der Waals surface area contributed by atoms with E-state index in [4.69, 9.17) is 9.79 Å². The molecule has 0 saturated carbocycles. The molecular formula is C5H6NO4PS2. The fraction of sp³-hybridized carbons (Fsp3) is 0.200. The van der Waals surface area contributed by atoms with E-state index in [9.17, 15) is 9.36 Å². The van der Waals surface area contributed by atoms with E-state index in [1.54, 1.807) is 0 Å². The normalized spacial score (nSPS) is 11.5. The van der Waals surface area contributed by atoms with Crippen molar-refractivity contribution in [3.05, 3.63) is 16.6 Å². The number of thioether (sulfide) groups is 1. The SMILES string of the molecule is O=C(SCP(=O)(O)O)c1cscn1. The molecule has 0 bridgehead atoms. The lowest BCUT2D eigenvalue weighted by Crippen LogP contribution is -1.95. The summed E-state index contributed by atoms with van der Waals surface area (Å²) in [5, 5.41) is 1.12. The summed E-state index contributed by atoms with van der Waals surface area (Å²) in [6.07, 6.45) is 0. The van der Waals surface area contributed by atoms with E-state index in [0.29, 0.717) is 11.8 Å². The molecule has 13 heavy (non-hydrogen) atoms. The first-order valence-electron chi connectivity index (χ1n) is 3.09. The third kappa shape index (κ3) is 4.02. The highest BCUT2D eigenvalue weighted by atomic mass is 32.2. The van der Waals surface area contributed by atoms with Crippen LogP contribution in [0.3, 0.4) is 0 Å². The Labute approximate surface area is 82.4 Å². The largest absolute Gasteiger partial charge is 0.335 e. The molecule has 72 valence electrons. The maximum Gasteiger partial charge on any atom is 0.335 e. The van der Waals surface area contributed by atoms with Crippen LogP contribution in [0.15, 0.2) is 10.9 Å². The van der Waals surface area contributed by atoms with Crippen LogP contribution in [0.25, 0.3) is 0 Å². The third-order valence-corrected chi connectivity index (χ3v) is 3.92. The highest BCUT2D eigenvalue weighted by molar-refractivity contribution is 8.17. The zero-order valence-corrected chi connectivity index (χ0v) is 8.81. The fourth-order valence-corrected chi connectivity index (χ4v) is 2.54. The highest BCUT2D eigenvalue weighted by Gasteiger charge is 2.17. The Kier molecular flexibility index (Phi) is 3.63. The van der Waals surface area contributed by atoms with Crippen LogP contribution >= 0.6 is 30.7 Å². The van der Waals surface area contributed by atoms with Crippen molar-refractivity contribution in [2.45, 2.75) is 0 Å². The van der Waals surface area contributed by atoms with Crippen molar-refractivity contribution in [3.8, 4) is 0 Å². The quantitative estimate of drug-likeness (QED) is 0.769. The molecule has 0 aliphatic heterocycles. The Hall–Kier alpha value is -0.200. The van der Waals surface area contributed by atoms with Crippen LogP contribution in [-0.2, 0) is 4.57 Å². The number of rotatable bonds is 3. The fourth-order valence-electron chi connectivity index (χ4n) is 0.530. The van der Waals surface area contributed by atoms with Gasteiger partial charge in [0.05, 0.1) is 5.51 Å². The minimum Gasteiger partial charge on any atom is -0.324 e. The van der Waals surface area contributed by atoms with Gasteiger partial charge in [-0.25, -0.2) is 4.98 Å². The zero-order valence-electron chi connectivity index (χ0n) is 6.28. The van der Waals surface area contributed by atoms with E-state index in [1.165, 1.54) is 22.2 Å². The molecule has 1 aromatic rings. The summed E-state index contributed by atoms with van der Waals surface area (Å²) in [6.45, 7) is 0. The molecule has 1 rings (SSSR count). The van der Waals surface area contributed by atoms with E-state index in [0.717, 1.165) is 0 Å². The predicted molar refractivity (Wildman–Crippen MR) is 50.9 cm³/mol. The van der Waals surface area contributed by atoms with E-state index in [2.05, 4.69) is 4.98 Å². The summed E-state index contributed by atoms with van der Waals surface area (Å²) in [5.74, 6) is 0. The molecule has 0 aliphatic carbocycles.